The van der Waals surface area contributed by atoms with Gasteiger partial charge in [-0.25, -0.2) is 0 Å². The second-order valence-electron chi connectivity index (χ2n) is 4.47. The first-order chi connectivity index (χ1) is 9.00. The summed E-state index contributed by atoms with van der Waals surface area (Å²) in [6.07, 6.45) is 1.59. The lowest BCUT2D eigenvalue weighted by Crippen LogP contribution is -2.55. The Balaban J connectivity index is 2.36. The van der Waals surface area contributed by atoms with Crippen LogP contribution in [0.5, 0.6) is 0 Å². The normalized spacial score (nSPS) is 21.8. The summed E-state index contributed by atoms with van der Waals surface area (Å²) in [4.78, 5) is 27.1. The minimum absolute atomic E-state index is 0.210. The number of rotatable bonds is 3. The molecule has 0 bridgehead atoms. The fraction of sp³-hybridized carbons (Fsp3) is 0.286. The molecule has 0 aromatic heterocycles. The Morgan fingerprint density at radius 1 is 1.53 bits per heavy atom. The summed E-state index contributed by atoms with van der Waals surface area (Å²) in [5.74, 6) is -0.499. The van der Waals surface area contributed by atoms with Crippen molar-refractivity contribution in [2.45, 2.75) is 16.6 Å². The maximum absolute atomic E-state index is 12.4. The number of benzene rings is 1. The third-order valence-corrected chi connectivity index (χ3v) is 4.43. The molecule has 2 amide bonds. The van der Waals surface area contributed by atoms with E-state index < -0.39 is 4.75 Å². The summed E-state index contributed by atoms with van der Waals surface area (Å²) >= 11 is 1.29. The van der Waals surface area contributed by atoms with E-state index in [-0.39, 0.29) is 11.8 Å². The Morgan fingerprint density at radius 3 is 2.89 bits per heavy atom. The van der Waals surface area contributed by atoms with E-state index in [0.717, 1.165) is 10.6 Å². The van der Waals surface area contributed by atoms with Crippen LogP contribution < -0.4 is 10.2 Å². The zero-order valence-electron chi connectivity index (χ0n) is 11.0. The Hall–Kier alpha value is -1.75. The minimum atomic E-state index is -1.13. The fourth-order valence-electron chi connectivity index (χ4n) is 1.99. The average Bonchev–Trinajstić information content (AvgIpc) is 2.42. The lowest BCUT2D eigenvalue weighted by molar-refractivity contribution is -0.130. The number of nitrogens with one attached hydrogen (secondary N) is 1. The van der Waals surface area contributed by atoms with Crippen molar-refractivity contribution in [3.05, 3.63) is 36.9 Å². The molecule has 1 aliphatic heterocycles. The van der Waals surface area contributed by atoms with Crippen LogP contribution in [0.15, 0.2) is 41.8 Å². The molecule has 1 aromatic carbocycles. The van der Waals surface area contributed by atoms with Crippen molar-refractivity contribution in [1.29, 1.82) is 0 Å². The molecule has 1 aromatic rings. The standard InChI is InChI=1S/C14H16N2O2S/c1-4-9-15-12(17)14(2)13(18)16(3)10-7-5-6-8-11(10)19-14/h4-8H,1,9H2,2-3H3,(H,15,17)/t14-/m1/s1. The van der Waals surface area contributed by atoms with E-state index >= 15 is 0 Å². The molecule has 0 saturated carbocycles. The van der Waals surface area contributed by atoms with Gasteiger partial charge in [0.25, 0.3) is 5.91 Å². The van der Waals surface area contributed by atoms with Gasteiger partial charge in [-0.05, 0) is 19.1 Å². The molecular formula is C14H16N2O2S. The number of amides is 2. The number of fused-ring (bicyclic) bond motifs is 1. The van der Waals surface area contributed by atoms with Crippen LogP contribution in [0.4, 0.5) is 5.69 Å². The number of nitrogens with zero attached hydrogens (tertiary/aromatic N) is 1. The molecule has 0 unspecified atom stereocenters. The summed E-state index contributed by atoms with van der Waals surface area (Å²) in [6, 6.07) is 7.57. The zero-order chi connectivity index (χ0) is 14.0. The third kappa shape index (κ3) is 2.26. The molecule has 0 saturated heterocycles. The Morgan fingerprint density at radius 2 is 2.21 bits per heavy atom. The van der Waals surface area contributed by atoms with Gasteiger partial charge in [0.2, 0.25) is 5.91 Å². The predicted molar refractivity (Wildman–Crippen MR) is 77.3 cm³/mol. The van der Waals surface area contributed by atoms with Gasteiger partial charge in [0.1, 0.15) is 0 Å². The first-order valence-corrected chi connectivity index (χ1v) is 6.77. The molecule has 5 heteroatoms. The molecule has 19 heavy (non-hydrogen) atoms. The molecule has 100 valence electrons. The van der Waals surface area contributed by atoms with Crippen molar-refractivity contribution >= 4 is 29.3 Å². The zero-order valence-corrected chi connectivity index (χ0v) is 11.8. The van der Waals surface area contributed by atoms with Crippen molar-refractivity contribution in [2.75, 3.05) is 18.5 Å². The van der Waals surface area contributed by atoms with E-state index in [1.807, 2.05) is 24.3 Å². The van der Waals surface area contributed by atoms with Gasteiger partial charge >= 0.3 is 0 Å². The molecule has 1 heterocycles. The van der Waals surface area contributed by atoms with E-state index in [0.29, 0.717) is 6.54 Å². The molecule has 0 radical (unpaired) electrons. The second kappa shape index (κ2) is 5.09. The Kier molecular flexibility index (Phi) is 3.66. The summed E-state index contributed by atoms with van der Waals surface area (Å²) in [5, 5.41) is 2.70. The molecule has 0 fully saturated rings. The van der Waals surface area contributed by atoms with Gasteiger partial charge < -0.3 is 10.2 Å². The number of thioether (sulfide) groups is 1. The maximum atomic E-state index is 12.4. The van der Waals surface area contributed by atoms with Crippen molar-refractivity contribution < 1.29 is 9.59 Å². The molecule has 1 N–H and O–H groups in total. The monoisotopic (exact) mass is 276 g/mol. The molecule has 0 aliphatic carbocycles. The predicted octanol–water partition coefficient (Wildman–Crippen LogP) is 1.82. The number of para-hydroxylation sites is 1. The molecule has 1 aliphatic rings. The highest BCUT2D eigenvalue weighted by molar-refractivity contribution is 8.02. The van der Waals surface area contributed by atoms with Crippen molar-refractivity contribution in [3.8, 4) is 0 Å². The number of carbonyl (C=O) groups excluding carboxylic acids is 2. The lowest BCUT2D eigenvalue weighted by Gasteiger charge is -2.36. The van der Waals surface area contributed by atoms with E-state index in [1.54, 1.807) is 24.9 Å². The highest BCUT2D eigenvalue weighted by Gasteiger charge is 2.47. The number of anilines is 1. The number of carbonyl (C=O) groups is 2. The molecule has 2 rings (SSSR count). The summed E-state index contributed by atoms with van der Waals surface area (Å²) in [7, 11) is 1.69. The number of hydrogen-bond donors (Lipinski definition) is 1. The van der Waals surface area contributed by atoms with Crippen molar-refractivity contribution in [2.24, 2.45) is 0 Å². The minimum Gasteiger partial charge on any atom is -0.351 e. The average molecular weight is 276 g/mol. The van der Waals surface area contributed by atoms with Gasteiger partial charge in [0.15, 0.2) is 4.75 Å². The molecule has 1 atom stereocenters. The van der Waals surface area contributed by atoms with Crippen LogP contribution >= 0.6 is 11.8 Å². The first-order valence-electron chi connectivity index (χ1n) is 5.96. The Bertz CT molecular complexity index is 544. The van der Waals surface area contributed by atoms with Crippen molar-refractivity contribution in [3.63, 3.8) is 0 Å². The van der Waals surface area contributed by atoms with E-state index in [4.69, 9.17) is 0 Å². The molecular weight excluding hydrogens is 260 g/mol. The highest BCUT2D eigenvalue weighted by atomic mass is 32.2. The SMILES string of the molecule is C=CCNC(=O)[C@@]1(C)Sc2ccccc2N(C)C1=O. The van der Waals surface area contributed by atoms with Gasteiger partial charge in [-0.3, -0.25) is 9.59 Å². The third-order valence-electron chi connectivity index (χ3n) is 3.09. The summed E-state index contributed by atoms with van der Waals surface area (Å²) in [6.45, 7) is 5.57. The fourth-order valence-corrected chi connectivity index (χ4v) is 3.28. The van der Waals surface area contributed by atoms with E-state index in [2.05, 4.69) is 11.9 Å². The van der Waals surface area contributed by atoms with Crippen molar-refractivity contribution in [1.82, 2.24) is 5.32 Å². The highest BCUT2D eigenvalue weighted by Crippen LogP contribution is 2.44. The van der Waals surface area contributed by atoms with E-state index in [9.17, 15) is 9.59 Å². The molecule has 0 spiro atoms. The molecule has 4 nitrogen and oxygen atoms in total. The Labute approximate surface area is 116 Å². The van der Waals surface area contributed by atoms with Gasteiger partial charge in [-0.15, -0.1) is 6.58 Å². The van der Waals surface area contributed by atoms with Gasteiger partial charge in [0.05, 0.1) is 5.69 Å². The quantitative estimate of drug-likeness (QED) is 0.676. The summed E-state index contributed by atoms with van der Waals surface area (Å²) < 4.78 is -1.13. The lowest BCUT2D eigenvalue weighted by atomic mass is 10.1. The van der Waals surface area contributed by atoms with Crippen LogP contribution in [0.3, 0.4) is 0 Å². The van der Waals surface area contributed by atoms with Gasteiger partial charge in [0, 0.05) is 18.5 Å². The van der Waals surface area contributed by atoms with Gasteiger partial charge in [-0.2, -0.15) is 0 Å². The van der Waals surface area contributed by atoms with Crippen LogP contribution in [0.2, 0.25) is 0 Å². The number of hydrogen-bond acceptors (Lipinski definition) is 3. The van der Waals surface area contributed by atoms with Crippen LogP contribution in [0.1, 0.15) is 6.92 Å². The van der Waals surface area contributed by atoms with Crippen LogP contribution in [-0.2, 0) is 9.59 Å². The maximum Gasteiger partial charge on any atom is 0.252 e. The second-order valence-corrected chi connectivity index (χ2v) is 5.93. The van der Waals surface area contributed by atoms with E-state index in [1.165, 1.54) is 11.8 Å². The topological polar surface area (TPSA) is 49.4 Å². The first kappa shape index (κ1) is 13.7. The van der Waals surface area contributed by atoms with Gasteiger partial charge in [-0.1, -0.05) is 30.0 Å². The van der Waals surface area contributed by atoms with Crippen LogP contribution in [-0.4, -0.2) is 30.2 Å². The summed E-state index contributed by atoms with van der Waals surface area (Å²) in [5.41, 5.74) is 0.839. The largest absolute Gasteiger partial charge is 0.351 e. The van der Waals surface area contributed by atoms with Crippen LogP contribution in [0.25, 0.3) is 0 Å². The van der Waals surface area contributed by atoms with Crippen LogP contribution in [0, 0.1) is 0 Å². The smallest absolute Gasteiger partial charge is 0.252 e.